The number of carbonyl (C=O) groups is 2. The monoisotopic (exact) mass is 594 g/mol. The molecule has 39 heavy (non-hydrogen) atoms. The van der Waals surface area contributed by atoms with Gasteiger partial charge in [-0.15, -0.1) is 20.4 Å². The number of nitriles is 2. The molecule has 12 nitrogen and oxygen atoms in total. The first-order chi connectivity index (χ1) is 18.8. The summed E-state index contributed by atoms with van der Waals surface area (Å²) < 4.78 is 1.16. The van der Waals surface area contributed by atoms with E-state index in [0.717, 1.165) is 11.1 Å². The number of hydrogen-bond acceptors (Lipinski definition) is 14. The minimum atomic E-state index is -0.292. The van der Waals surface area contributed by atoms with Crippen molar-refractivity contribution in [3.63, 3.8) is 0 Å². The van der Waals surface area contributed by atoms with E-state index in [9.17, 15) is 20.1 Å². The number of aromatic nitrogens is 4. The molecule has 0 saturated heterocycles. The van der Waals surface area contributed by atoms with Gasteiger partial charge >= 0.3 is 0 Å². The van der Waals surface area contributed by atoms with Gasteiger partial charge in [0.2, 0.25) is 22.1 Å². The average Bonchev–Trinajstić information content (AvgIpc) is 3.55. The van der Waals surface area contributed by atoms with Crippen molar-refractivity contribution in [2.24, 2.45) is 0 Å². The van der Waals surface area contributed by atoms with E-state index in [-0.39, 0.29) is 23.3 Å². The van der Waals surface area contributed by atoms with Crippen LogP contribution in [0.2, 0.25) is 0 Å². The topological polar surface area (TPSA) is 209 Å². The Morgan fingerprint density at radius 2 is 1.21 bits per heavy atom. The summed E-state index contributed by atoms with van der Waals surface area (Å²) in [7, 11) is 0. The van der Waals surface area contributed by atoms with Gasteiger partial charge < -0.3 is 22.1 Å². The molecule has 2 amide bonds. The number of nitrogens with two attached hydrogens (primary N) is 2. The molecule has 2 aromatic heterocycles. The van der Waals surface area contributed by atoms with E-state index in [2.05, 4.69) is 43.2 Å². The van der Waals surface area contributed by atoms with Gasteiger partial charge in [0.1, 0.15) is 12.1 Å². The van der Waals surface area contributed by atoms with Crippen molar-refractivity contribution in [3.05, 3.63) is 58.7 Å². The van der Waals surface area contributed by atoms with Crippen molar-refractivity contribution in [1.82, 2.24) is 20.4 Å². The highest BCUT2D eigenvalue weighted by molar-refractivity contribution is 8.02. The Labute approximate surface area is 238 Å². The van der Waals surface area contributed by atoms with Crippen LogP contribution in [0.1, 0.15) is 22.3 Å². The van der Waals surface area contributed by atoms with Crippen LogP contribution in [0.3, 0.4) is 0 Å². The molecule has 0 aliphatic rings. The van der Waals surface area contributed by atoms with Crippen molar-refractivity contribution < 1.29 is 9.59 Å². The number of rotatable bonds is 10. The zero-order chi connectivity index (χ0) is 27.8. The van der Waals surface area contributed by atoms with E-state index in [4.69, 9.17) is 11.5 Å². The standard InChI is InChI=1S/C23H18N10O2S4/c24-8-14-6-12(1-3-16(14)28-18(34)10-36-22-32-30-20(26)38-22)5-13-2-4-17(15(7-13)9-25)29-19(35)11-37-23-33-31-21(27)39-23/h1-4,6-7H,5,10-11H2,(H2,26,30)(H2,27,31)(H,28,34)(H,29,35). The quantitative estimate of drug-likeness (QED) is 0.195. The second-order valence-electron chi connectivity index (χ2n) is 7.65. The van der Waals surface area contributed by atoms with Crippen molar-refractivity contribution in [2.45, 2.75) is 15.1 Å². The zero-order valence-electron chi connectivity index (χ0n) is 19.9. The number of thioether (sulfide) groups is 2. The van der Waals surface area contributed by atoms with Gasteiger partial charge in [0.15, 0.2) is 8.68 Å². The number of hydrogen-bond donors (Lipinski definition) is 4. The minimum absolute atomic E-state index is 0.0938. The number of nitrogens with one attached hydrogen (secondary N) is 2. The SMILES string of the molecule is N#Cc1cc(Cc2ccc(NC(=O)CSc3nnc(N)s3)c(C#N)c2)ccc1NC(=O)CSc1nnc(N)s1. The maximum atomic E-state index is 12.3. The number of amides is 2. The van der Waals surface area contributed by atoms with Gasteiger partial charge in [-0.05, 0) is 41.8 Å². The van der Waals surface area contributed by atoms with Crippen molar-refractivity contribution in [1.29, 1.82) is 10.5 Å². The summed E-state index contributed by atoms with van der Waals surface area (Å²) in [5, 5.41) is 40.5. The smallest absolute Gasteiger partial charge is 0.234 e. The molecule has 0 aliphatic carbocycles. The van der Waals surface area contributed by atoms with Gasteiger partial charge in [0.25, 0.3) is 0 Å². The predicted octanol–water partition coefficient (Wildman–Crippen LogP) is 3.35. The molecular formula is C23H18N10O2S4. The van der Waals surface area contributed by atoms with Gasteiger partial charge in [-0.25, -0.2) is 0 Å². The average molecular weight is 595 g/mol. The van der Waals surface area contributed by atoms with Crippen LogP contribution < -0.4 is 22.1 Å². The number of carbonyl (C=O) groups excluding carboxylic acids is 2. The lowest BCUT2D eigenvalue weighted by molar-refractivity contribution is -0.114. The fourth-order valence-corrected chi connectivity index (χ4v) is 6.10. The molecule has 0 saturated carbocycles. The Balaban J connectivity index is 1.36. The zero-order valence-corrected chi connectivity index (χ0v) is 23.1. The van der Waals surface area contributed by atoms with Crippen molar-refractivity contribution >= 4 is 79.6 Å². The van der Waals surface area contributed by atoms with Gasteiger partial charge in [0.05, 0.1) is 34.0 Å². The Morgan fingerprint density at radius 1 is 0.769 bits per heavy atom. The summed E-state index contributed by atoms with van der Waals surface area (Å²) in [5.74, 6) is -0.395. The summed E-state index contributed by atoms with van der Waals surface area (Å²) in [6, 6.07) is 14.5. The molecule has 2 heterocycles. The maximum Gasteiger partial charge on any atom is 0.234 e. The molecule has 4 aromatic rings. The van der Waals surface area contributed by atoms with Gasteiger partial charge in [-0.3, -0.25) is 9.59 Å². The molecule has 0 bridgehead atoms. The second-order valence-corrected chi connectivity index (χ2v) is 12.1. The van der Waals surface area contributed by atoms with Gasteiger partial charge in [0, 0.05) is 0 Å². The first kappa shape index (κ1) is 27.8. The highest BCUT2D eigenvalue weighted by atomic mass is 32.2. The molecule has 0 atom stereocenters. The van der Waals surface area contributed by atoms with E-state index in [1.807, 2.05) is 0 Å². The Kier molecular flexibility index (Phi) is 9.29. The van der Waals surface area contributed by atoms with Crippen molar-refractivity contribution in [2.75, 3.05) is 33.6 Å². The van der Waals surface area contributed by atoms with E-state index >= 15 is 0 Å². The molecule has 2 aromatic carbocycles. The largest absolute Gasteiger partial charge is 0.374 e. The normalized spacial score (nSPS) is 10.4. The molecule has 0 unspecified atom stereocenters. The second kappa shape index (κ2) is 13.0. The lowest BCUT2D eigenvalue weighted by atomic mass is 10.00. The summed E-state index contributed by atoms with van der Waals surface area (Å²) in [6.45, 7) is 0. The van der Waals surface area contributed by atoms with Crippen LogP contribution >= 0.6 is 46.2 Å². The fourth-order valence-electron chi connectivity index (χ4n) is 3.23. The maximum absolute atomic E-state index is 12.3. The van der Waals surface area contributed by atoms with Crippen LogP contribution in [0, 0.1) is 22.7 Å². The fraction of sp³-hybridized carbons (Fsp3) is 0.130. The Bertz CT molecular complexity index is 1490. The molecule has 16 heteroatoms. The predicted molar refractivity (Wildman–Crippen MR) is 152 cm³/mol. The number of anilines is 4. The Morgan fingerprint density at radius 3 is 1.56 bits per heavy atom. The van der Waals surface area contributed by atoms with Crippen LogP contribution in [0.15, 0.2) is 45.1 Å². The van der Waals surface area contributed by atoms with E-state index in [0.29, 0.717) is 47.9 Å². The number of nitrogen functional groups attached to an aromatic ring is 2. The van der Waals surface area contributed by atoms with Gasteiger partial charge in [-0.1, -0.05) is 58.3 Å². The molecule has 4 rings (SSSR count). The summed E-state index contributed by atoms with van der Waals surface area (Å²) in [5.41, 5.74) is 14.1. The minimum Gasteiger partial charge on any atom is -0.374 e. The number of nitrogens with zero attached hydrogens (tertiary/aromatic N) is 6. The first-order valence-electron chi connectivity index (χ1n) is 10.9. The summed E-state index contributed by atoms with van der Waals surface area (Å²) in [4.78, 5) is 24.7. The van der Waals surface area contributed by atoms with E-state index in [1.54, 1.807) is 36.4 Å². The lowest BCUT2D eigenvalue weighted by Gasteiger charge is -2.11. The molecule has 0 aliphatic heterocycles. The molecule has 0 radical (unpaired) electrons. The van der Waals surface area contributed by atoms with Crippen molar-refractivity contribution in [3.8, 4) is 12.1 Å². The Hall–Kier alpha value is -4.22. The van der Waals surface area contributed by atoms with E-state index < -0.39 is 0 Å². The highest BCUT2D eigenvalue weighted by Crippen LogP contribution is 2.26. The summed E-state index contributed by atoms with van der Waals surface area (Å²) in [6.07, 6.45) is 0.439. The van der Waals surface area contributed by atoms with Crippen LogP contribution in [-0.2, 0) is 16.0 Å². The lowest BCUT2D eigenvalue weighted by Crippen LogP contribution is -2.15. The first-order valence-corrected chi connectivity index (χ1v) is 14.5. The molecular weight excluding hydrogens is 577 g/mol. The van der Waals surface area contributed by atoms with E-state index in [1.165, 1.54) is 46.2 Å². The van der Waals surface area contributed by atoms with Crippen LogP contribution in [-0.4, -0.2) is 43.7 Å². The third-order valence-electron chi connectivity index (χ3n) is 4.86. The highest BCUT2D eigenvalue weighted by Gasteiger charge is 2.13. The molecule has 196 valence electrons. The third kappa shape index (κ3) is 7.88. The third-order valence-corrected chi connectivity index (χ3v) is 8.63. The molecule has 0 spiro atoms. The van der Waals surface area contributed by atoms with Crippen LogP contribution in [0.4, 0.5) is 21.6 Å². The molecule has 0 fully saturated rings. The van der Waals surface area contributed by atoms with Crippen LogP contribution in [0.5, 0.6) is 0 Å². The molecule has 6 N–H and O–H groups in total. The number of benzene rings is 2. The van der Waals surface area contributed by atoms with Crippen LogP contribution in [0.25, 0.3) is 0 Å². The van der Waals surface area contributed by atoms with Gasteiger partial charge in [-0.2, -0.15) is 10.5 Å². The summed E-state index contributed by atoms with van der Waals surface area (Å²) >= 11 is 4.79.